The third kappa shape index (κ3) is 4.87. The summed E-state index contributed by atoms with van der Waals surface area (Å²) in [6.45, 7) is 0.989. The number of hydrogen-bond donors (Lipinski definition) is 4. The highest BCUT2D eigenvalue weighted by atomic mass is 16.1. The van der Waals surface area contributed by atoms with Crippen molar-refractivity contribution in [3.05, 3.63) is 72.6 Å². The molecule has 2 aromatic heterocycles. The Labute approximate surface area is 179 Å². The molecule has 0 aliphatic rings. The number of aliphatic imine (C=N–C) groups is 1. The average Bonchev–Trinajstić information content (AvgIpc) is 3.48. The maximum absolute atomic E-state index is 10.4. The summed E-state index contributed by atoms with van der Waals surface area (Å²) in [5.74, 6) is 1.58. The predicted octanol–water partition coefficient (Wildman–Crippen LogP) is 3.13. The molecule has 4 rings (SSSR count). The van der Waals surface area contributed by atoms with Crippen LogP contribution in [-0.2, 0) is 17.9 Å². The first-order valence-corrected chi connectivity index (χ1v) is 9.87. The lowest BCUT2D eigenvalue weighted by Gasteiger charge is -2.05. The molecule has 31 heavy (non-hydrogen) atoms. The van der Waals surface area contributed by atoms with Gasteiger partial charge in [0.25, 0.3) is 0 Å². The molecule has 8 heteroatoms. The number of aromatic nitrogens is 4. The molecule has 1 amide bonds. The molecular weight excluding hydrogens is 390 g/mol. The first kappa shape index (κ1) is 20.1. The summed E-state index contributed by atoms with van der Waals surface area (Å²) >= 11 is 0. The summed E-state index contributed by atoms with van der Waals surface area (Å²) in [5, 5.41) is 5.66. The van der Waals surface area contributed by atoms with E-state index in [0.29, 0.717) is 19.5 Å². The summed E-state index contributed by atoms with van der Waals surface area (Å²) in [6, 6.07) is 16.7. The van der Waals surface area contributed by atoms with Crippen molar-refractivity contribution < 1.29 is 4.79 Å². The molecule has 0 spiro atoms. The Kier molecular flexibility index (Phi) is 6.18. The van der Waals surface area contributed by atoms with Gasteiger partial charge in [-0.15, -0.1) is 0 Å². The number of nitrogens with one attached hydrogen (secondary N) is 4. The Morgan fingerprint density at radius 1 is 0.774 bits per heavy atom. The first-order chi connectivity index (χ1) is 15.3. The number of nitrogens with zero attached hydrogens (tertiary/aromatic N) is 3. The van der Waals surface area contributed by atoms with Crippen molar-refractivity contribution >= 4 is 12.7 Å². The summed E-state index contributed by atoms with van der Waals surface area (Å²) in [6.07, 6.45) is 5.92. The van der Waals surface area contributed by atoms with Crippen molar-refractivity contribution in [3.63, 3.8) is 0 Å². The standard InChI is InChI=1S/C23H23N7O/c1-24-14-25-12-22-27-10-20(29-22)18-6-2-16(3-7-18)17-4-8-19(9-5-17)21-11-28-23(30-21)13-26-15-31/h2-11,14-15H,12-13H2,1H3,(H,24,25)(H,26,31)(H,27,29)(H,28,30). The first-order valence-electron chi connectivity index (χ1n) is 9.87. The van der Waals surface area contributed by atoms with Crippen LogP contribution in [-0.4, -0.2) is 39.7 Å². The molecule has 2 heterocycles. The molecule has 0 aliphatic carbocycles. The number of benzene rings is 2. The van der Waals surface area contributed by atoms with E-state index in [-0.39, 0.29) is 0 Å². The van der Waals surface area contributed by atoms with E-state index in [1.807, 2.05) is 6.20 Å². The minimum absolute atomic E-state index is 0.384. The van der Waals surface area contributed by atoms with Crippen molar-refractivity contribution in [2.45, 2.75) is 13.1 Å². The second-order valence-electron chi connectivity index (χ2n) is 6.91. The predicted molar refractivity (Wildman–Crippen MR) is 121 cm³/mol. The summed E-state index contributed by atoms with van der Waals surface area (Å²) in [4.78, 5) is 29.5. The van der Waals surface area contributed by atoms with E-state index < -0.39 is 0 Å². The van der Waals surface area contributed by atoms with Gasteiger partial charge in [0, 0.05) is 7.05 Å². The summed E-state index contributed by atoms with van der Waals surface area (Å²) < 4.78 is 0. The van der Waals surface area contributed by atoms with Gasteiger partial charge in [0.1, 0.15) is 11.6 Å². The number of imidazole rings is 2. The van der Waals surface area contributed by atoms with Crippen molar-refractivity contribution in [2.24, 2.45) is 4.99 Å². The Morgan fingerprint density at radius 3 is 1.68 bits per heavy atom. The van der Waals surface area contributed by atoms with Crippen LogP contribution in [0.25, 0.3) is 33.6 Å². The molecular formula is C23H23N7O. The third-order valence-electron chi connectivity index (χ3n) is 4.82. The molecule has 0 aliphatic heterocycles. The van der Waals surface area contributed by atoms with Crippen LogP contribution in [0.1, 0.15) is 11.6 Å². The van der Waals surface area contributed by atoms with Crippen LogP contribution in [0, 0.1) is 0 Å². The van der Waals surface area contributed by atoms with Crippen molar-refractivity contribution in [1.29, 1.82) is 0 Å². The van der Waals surface area contributed by atoms with Crippen LogP contribution in [0.4, 0.5) is 0 Å². The fourth-order valence-electron chi connectivity index (χ4n) is 3.25. The Hall–Kier alpha value is -4.20. The number of hydrogen-bond acceptors (Lipinski definition) is 4. The van der Waals surface area contributed by atoms with Gasteiger partial charge >= 0.3 is 0 Å². The van der Waals surface area contributed by atoms with Gasteiger partial charge in [0.15, 0.2) is 0 Å². The number of aromatic amines is 2. The molecule has 0 radical (unpaired) electrons. The van der Waals surface area contributed by atoms with Crippen molar-refractivity contribution in [3.8, 4) is 33.6 Å². The topological polar surface area (TPSA) is 111 Å². The van der Waals surface area contributed by atoms with Gasteiger partial charge in [-0.05, 0) is 22.3 Å². The molecule has 156 valence electrons. The monoisotopic (exact) mass is 413 g/mol. The SMILES string of the molecule is CN=CNCc1ncc(-c2ccc(-c3ccc(-c4cnc(CNC=O)[nH]4)cc3)cc2)[nH]1. The molecule has 0 fully saturated rings. The molecule has 0 atom stereocenters. The van der Waals surface area contributed by atoms with Crippen LogP contribution >= 0.6 is 0 Å². The number of rotatable bonds is 9. The van der Waals surface area contributed by atoms with Gasteiger partial charge in [0.05, 0.1) is 43.2 Å². The molecule has 0 saturated carbocycles. The van der Waals surface area contributed by atoms with Gasteiger partial charge in [-0.3, -0.25) is 9.79 Å². The van der Waals surface area contributed by atoms with Crippen LogP contribution in [0.2, 0.25) is 0 Å². The Morgan fingerprint density at radius 2 is 1.23 bits per heavy atom. The normalized spacial score (nSPS) is 11.0. The minimum atomic E-state index is 0.384. The maximum atomic E-state index is 10.4. The number of carbonyl (C=O) groups excluding carboxylic acids is 1. The summed E-state index contributed by atoms with van der Waals surface area (Å²) in [7, 11) is 1.72. The van der Waals surface area contributed by atoms with Crippen LogP contribution in [0.3, 0.4) is 0 Å². The quantitative estimate of drug-likeness (QED) is 0.192. The Balaban J connectivity index is 1.44. The molecule has 8 nitrogen and oxygen atoms in total. The van der Waals surface area contributed by atoms with E-state index in [2.05, 4.69) is 84.1 Å². The van der Waals surface area contributed by atoms with Crippen LogP contribution in [0.5, 0.6) is 0 Å². The van der Waals surface area contributed by atoms with Gasteiger partial charge in [-0.25, -0.2) is 9.97 Å². The maximum Gasteiger partial charge on any atom is 0.207 e. The number of amides is 1. The van der Waals surface area contributed by atoms with Crippen LogP contribution < -0.4 is 10.6 Å². The smallest absolute Gasteiger partial charge is 0.207 e. The Bertz CT molecular complexity index is 1160. The third-order valence-corrected chi connectivity index (χ3v) is 4.82. The van der Waals surface area contributed by atoms with Gasteiger partial charge in [-0.2, -0.15) is 0 Å². The van der Waals surface area contributed by atoms with E-state index in [4.69, 9.17) is 0 Å². The number of carbonyl (C=O) groups is 1. The molecule has 0 unspecified atom stereocenters. The van der Waals surface area contributed by atoms with E-state index in [0.717, 1.165) is 45.3 Å². The zero-order chi connectivity index (χ0) is 21.5. The molecule has 4 N–H and O–H groups in total. The van der Waals surface area contributed by atoms with E-state index in [1.54, 1.807) is 19.6 Å². The highest BCUT2D eigenvalue weighted by Crippen LogP contribution is 2.26. The van der Waals surface area contributed by atoms with E-state index >= 15 is 0 Å². The summed E-state index contributed by atoms with van der Waals surface area (Å²) in [5.41, 5.74) is 6.28. The molecule has 4 aromatic rings. The van der Waals surface area contributed by atoms with E-state index in [9.17, 15) is 4.79 Å². The highest BCUT2D eigenvalue weighted by Gasteiger charge is 2.06. The zero-order valence-corrected chi connectivity index (χ0v) is 17.1. The fourth-order valence-corrected chi connectivity index (χ4v) is 3.25. The van der Waals surface area contributed by atoms with E-state index in [1.165, 1.54) is 0 Å². The largest absolute Gasteiger partial charge is 0.369 e. The molecule has 0 bridgehead atoms. The second kappa shape index (κ2) is 9.53. The average molecular weight is 413 g/mol. The highest BCUT2D eigenvalue weighted by molar-refractivity contribution is 5.71. The zero-order valence-electron chi connectivity index (χ0n) is 17.1. The van der Waals surface area contributed by atoms with Gasteiger partial charge in [0.2, 0.25) is 6.41 Å². The molecule has 2 aromatic carbocycles. The lowest BCUT2D eigenvalue weighted by molar-refractivity contribution is -0.109. The lowest BCUT2D eigenvalue weighted by atomic mass is 10.0. The fraction of sp³-hybridized carbons (Fsp3) is 0.130. The lowest BCUT2D eigenvalue weighted by Crippen LogP contribution is -2.11. The number of H-pyrrole nitrogens is 2. The van der Waals surface area contributed by atoms with Crippen molar-refractivity contribution in [1.82, 2.24) is 30.6 Å². The second-order valence-corrected chi connectivity index (χ2v) is 6.91. The minimum Gasteiger partial charge on any atom is -0.369 e. The van der Waals surface area contributed by atoms with Crippen LogP contribution in [0.15, 0.2) is 65.9 Å². The van der Waals surface area contributed by atoms with Crippen molar-refractivity contribution in [2.75, 3.05) is 7.05 Å². The van der Waals surface area contributed by atoms with Gasteiger partial charge in [-0.1, -0.05) is 48.5 Å². The molecule has 0 saturated heterocycles. The van der Waals surface area contributed by atoms with Gasteiger partial charge < -0.3 is 20.6 Å².